The van der Waals surface area contributed by atoms with E-state index in [1.165, 1.54) is 41.2 Å². The summed E-state index contributed by atoms with van der Waals surface area (Å²) in [5.74, 6) is -1.13. The van der Waals surface area contributed by atoms with Crippen LogP contribution in [0, 0.1) is 5.82 Å². The molecule has 2 N–H and O–H groups in total. The van der Waals surface area contributed by atoms with Gasteiger partial charge in [-0.05, 0) is 66.4 Å². The lowest BCUT2D eigenvalue weighted by Gasteiger charge is -2.21. The fourth-order valence-electron chi connectivity index (χ4n) is 6.94. The zero-order valence-electron chi connectivity index (χ0n) is 32.2. The number of methoxy groups -OCH3 is 1. The van der Waals surface area contributed by atoms with E-state index in [1.54, 1.807) is 42.4 Å². The molecule has 12 nitrogen and oxygen atoms in total. The number of ether oxygens (including phenoxy) is 2. The van der Waals surface area contributed by atoms with E-state index in [9.17, 15) is 23.6 Å². The molecule has 0 aliphatic carbocycles. The van der Waals surface area contributed by atoms with Gasteiger partial charge in [-0.3, -0.25) is 19.4 Å². The van der Waals surface area contributed by atoms with Crippen LogP contribution < -0.4 is 10.5 Å². The first-order valence-corrected chi connectivity index (χ1v) is 19.3. The minimum Gasteiger partial charge on any atom is -0.488 e. The van der Waals surface area contributed by atoms with E-state index in [-0.39, 0.29) is 29.5 Å². The standard InChI is InChI=1S/C44H44ClFN6O6/c1-50(43(55)36-14-6-5-11-30(36)28-53)20-8-4-3-7-19-48-25-37-35(15-10-16-39(37)47)29-12-9-13-33(21-29)58-34-23-41(44(56)57-2)51(27-34)42(54)31-24-49-52(26-31)40-18-17-32(46)22-38(40)45/h5-6,9-18,21-22,24-26,28,34,41H,3-4,7-8,19-20,23,27,47H2,1-2H3. The van der Waals surface area contributed by atoms with E-state index >= 15 is 0 Å². The zero-order valence-corrected chi connectivity index (χ0v) is 33.0. The van der Waals surface area contributed by atoms with Gasteiger partial charge in [0.1, 0.15) is 23.7 Å². The van der Waals surface area contributed by atoms with Crippen molar-refractivity contribution in [1.82, 2.24) is 19.6 Å². The van der Waals surface area contributed by atoms with Gasteiger partial charge in [0.05, 0.1) is 41.7 Å². The largest absolute Gasteiger partial charge is 0.488 e. The summed E-state index contributed by atoms with van der Waals surface area (Å²) in [5, 5.41) is 4.37. The monoisotopic (exact) mass is 806 g/mol. The molecule has 0 bridgehead atoms. The highest BCUT2D eigenvalue weighted by Gasteiger charge is 2.42. The van der Waals surface area contributed by atoms with Crippen molar-refractivity contribution < 1.29 is 33.0 Å². The number of nitrogens with two attached hydrogens (primary N) is 1. The molecule has 2 amide bonds. The summed E-state index contributed by atoms with van der Waals surface area (Å²) in [6.45, 7) is 1.32. The van der Waals surface area contributed by atoms with Crippen molar-refractivity contribution in [2.45, 2.75) is 44.2 Å². The zero-order chi connectivity index (χ0) is 41.2. The van der Waals surface area contributed by atoms with Crippen LogP contribution in [-0.2, 0) is 9.53 Å². The number of anilines is 1. The summed E-state index contributed by atoms with van der Waals surface area (Å²) in [5.41, 5.74) is 10.9. The van der Waals surface area contributed by atoms with Gasteiger partial charge < -0.3 is 25.0 Å². The highest BCUT2D eigenvalue weighted by atomic mass is 35.5. The second-order valence-corrected chi connectivity index (χ2v) is 14.4. The number of likely N-dealkylation sites (tertiary alicyclic amines) is 1. The average molecular weight is 807 g/mol. The average Bonchev–Trinajstić information content (AvgIpc) is 3.89. The Bertz CT molecular complexity index is 2310. The fraction of sp³-hybridized carbons (Fsp3) is 0.273. The van der Waals surface area contributed by atoms with Crippen LogP contribution in [-0.4, -0.2) is 95.8 Å². The number of benzene rings is 4. The van der Waals surface area contributed by atoms with Gasteiger partial charge in [0.2, 0.25) is 0 Å². The van der Waals surface area contributed by atoms with E-state index in [0.29, 0.717) is 47.6 Å². The summed E-state index contributed by atoms with van der Waals surface area (Å²) in [6, 6.07) is 23.0. The van der Waals surface area contributed by atoms with Crippen molar-refractivity contribution >= 4 is 47.6 Å². The maximum Gasteiger partial charge on any atom is 0.328 e. The molecule has 2 atom stereocenters. The minimum absolute atomic E-state index is 0.117. The summed E-state index contributed by atoms with van der Waals surface area (Å²) >= 11 is 6.21. The van der Waals surface area contributed by atoms with Crippen LogP contribution >= 0.6 is 11.6 Å². The minimum atomic E-state index is -0.886. The van der Waals surface area contributed by atoms with E-state index in [2.05, 4.69) is 10.1 Å². The molecule has 1 aromatic heterocycles. The molecule has 2 unspecified atom stereocenters. The lowest BCUT2D eigenvalue weighted by atomic mass is 9.98. The topological polar surface area (TPSA) is 149 Å². The second-order valence-electron chi connectivity index (χ2n) is 14.0. The molecule has 1 aliphatic heterocycles. The van der Waals surface area contributed by atoms with Gasteiger partial charge in [-0.15, -0.1) is 0 Å². The first-order valence-electron chi connectivity index (χ1n) is 18.9. The number of amides is 2. The molecule has 58 heavy (non-hydrogen) atoms. The van der Waals surface area contributed by atoms with E-state index in [4.69, 9.17) is 26.8 Å². The number of hydrogen-bond acceptors (Lipinski definition) is 9. The Morgan fingerprint density at radius 2 is 1.81 bits per heavy atom. The molecule has 5 aromatic rings. The SMILES string of the molecule is COC(=O)C1CC(Oc2cccc(-c3cccc(N)c3C=NCCCCCCN(C)C(=O)c3ccccc3C=O)c2)CN1C(=O)c1cnn(-c2ccc(F)cc2Cl)c1. The number of nitrogen functional groups attached to an aromatic ring is 1. The van der Waals surface area contributed by atoms with Crippen LogP contribution in [0.5, 0.6) is 5.75 Å². The van der Waals surface area contributed by atoms with E-state index in [1.807, 2.05) is 42.5 Å². The van der Waals surface area contributed by atoms with Crippen molar-refractivity contribution in [3.63, 3.8) is 0 Å². The van der Waals surface area contributed by atoms with Gasteiger partial charge in [-0.25, -0.2) is 13.9 Å². The quantitative estimate of drug-likeness (QED) is 0.0359. The van der Waals surface area contributed by atoms with E-state index < -0.39 is 29.8 Å². The summed E-state index contributed by atoms with van der Waals surface area (Å²) in [4.78, 5) is 58.4. The molecule has 4 aromatic carbocycles. The normalized spacial score (nSPS) is 15.1. The van der Waals surface area contributed by atoms with Gasteiger partial charge in [0, 0.05) is 55.8 Å². The van der Waals surface area contributed by atoms with Crippen LogP contribution in [0.25, 0.3) is 16.8 Å². The Kier molecular flexibility index (Phi) is 13.7. The number of halogens is 2. The molecular weight excluding hydrogens is 763 g/mol. The third-order valence-corrected chi connectivity index (χ3v) is 10.3. The highest BCUT2D eigenvalue weighted by molar-refractivity contribution is 6.32. The molecule has 1 fully saturated rings. The van der Waals surface area contributed by atoms with Crippen molar-refractivity contribution in [2.24, 2.45) is 4.99 Å². The first kappa shape index (κ1) is 41.3. The maximum absolute atomic E-state index is 13.7. The molecule has 1 aliphatic rings. The molecule has 1 saturated heterocycles. The van der Waals surface area contributed by atoms with Gasteiger partial charge in [-0.1, -0.05) is 66.9 Å². The van der Waals surface area contributed by atoms with Crippen molar-refractivity contribution in [1.29, 1.82) is 0 Å². The number of carbonyl (C=O) groups is 4. The Labute approximate surface area is 341 Å². The van der Waals surface area contributed by atoms with Crippen molar-refractivity contribution in [3.05, 3.63) is 130 Å². The number of aliphatic imine (C=N–C) groups is 1. The summed E-state index contributed by atoms with van der Waals surface area (Å²) in [6.07, 6.45) is 8.60. The fourth-order valence-corrected chi connectivity index (χ4v) is 7.19. The van der Waals surface area contributed by atoms with Gasteiger partial charge in [0.15, 0.2) is 6.29 Å². The number of esters is 1. The molecule has 0 radical (unpaired) electrons. The number of hydrogen-bond donors (Lipinski definition) is 1. The number of aromatic nitrogens is 2. The van der Waals surface area contributed by atoms with Gasteiger partial charge in [-0.2, -0.15) is 5.10 Å². The summed E-state index contributed by atoms with van der Waals surface area (Å²) < 4.78 is 26.4. The molecule has 14 heteroatoms. The predicted molar refractivity (Wildman–Crippen MR) is 220 cm³/mol. The molecule has 0 spiro atoms. The first-order chi connectivity index (χ1) is 28.1. The molecular formula is C44H44ClFN6O6. The molecule has 300 valence electrons. The van der Waals surface area contributed by atoms with Crippen LogP contribution in [0.4, 0.5) is 10.1 Å². The van der Waals surface area contributed by atoms with Crippen LogP contribution in [0.1, 0.15) is 68.7 Å². The lowest BCUT2D eigenvalue weighted by molar-refractivity contribution is -0.145. The number of carbonyl (C=O) groups excluding carboxylic acids is 4. The van der Waals surface area contributed by atoms with Crippen LogP contribution in [0.3, 0.4) is 0 Å². The molecule has 0 saturated carbocycles. The van der Waals surface area contributed by atoms with Gasteiger partial charge in [0.25, 0.3) is 11.8 Å². The highest BCUT2D eigenvalue weighted by Crippen LogP contribution is 2.32. The molecule has 2 heterocycles. The third kappa shape index (κ3) is 9.78. The number of unbranched alkanes of at least 4 members (excludes halogenated alkanes) is 3. The number of aldehydes is 1. The summed E-state index contributed by atoms with van der Waals surface area (Å²) in [7, 11) is 3.02. The molecule has 6 rings (SSSR count). The van der Waals surface area contributed by atoms with E-state index in [0.717, 1.165) is 48.4 Å². The van der Waals surface area contributed by atoms with Crippen LogP contribution in [0.2, 0.25) is 5.02 Å². The predicted octanol–water partition coefficient (Wildman–Crippen LogP) is 7.31. The Hall–Kier alpha value is -6.34. The van der Waals surface area contributed by atoms with Gasteiger partial charge >= 0.3 is 5.97 Å². The van der Waals surface area contributed by atoms with Crippen LogP contribution in [0.15, 0.2) is 102 Å². The number of nitrogens with zero attached hydrogens (tertiary/aromatic N) is 5. The Morgan fingerprint density at radius 3 is 2.60 bits per heavy atom. The van der Waals surface area contributed by atoms with Crippen molar-refractivity contribution in [3.8, 4) is 22.6 Å². The second kappa shape index (κ2) is 19.2. The lowest BCUT2D eigenvalue weighted by Crippen LogP contribution is -2.41. The Morgan fingerprint density at radius 1 is 1.02 bits per heavy atom. The maximum atomic E-state index is 13.7. The smallest absolute Gasteiger partial charge is 0.328 e. The van der Waals surface area contributed by atoms with Crippen molar-refractivity contribution in [2.75, 3.05) is 39.5 Å². The Balaban J connectivity index is 1.05. The number of rotatable bonds is 16. The third-order valence-electron chi connectivity index (χ3n) is 9.99.